The number of amides is 2. The number of aryl methyl sites for hydroxylation is 1. The predicted molar refractivity (Wildman–Crippen MR) is 131 cm³/mol. The average Bonchev–Trinajstić information content (AvgIpc) is 3.52. The van der Waals surface area contributed by atoms with Gasteiger partial charge in [-0.3, -0.25) is 14.5 Å². The molecule has 0 unspecified atom stereocenters. The van der Waals surface area contributed by atoms with Crippen molar-refractivity contribution in [3.8, 4) is 0 Å². The van der Waals surface area contributed by atoms with Crippen LogP contribution in [0.4, 0.5) is 11.4 Å². The first kappa shape index (κ1) is 22.6. The standard InChI is InChI=1S/C27H31N3O3/c1-19-9-4-7-12-23(19)30(27(32)24-13-8-18-33-24)25(26(31)28-21-10-5-6-11-21)20-14-16-22(17-15-20)29(2)3/h4,7-9,12-18,21,25H,5-6,10-11H2,1-3H3,(H,28,31)/t25-/m0/s1. The molecule has 4 rings (SSSR count). The van der Waals surface area contributed by atoms with Crippen LogP contribution in [0, 0.1) is 6.92 Å². The van der Waals surface area contributed by atoms with E-state index in [9.17, 15) is 9.59 Å². The molecule has 0 aliphatic heterocycles. The van der Waals surface area contributed by atoms with Crippen molar-refractivity contribution in [1.82, 2.24) is 5.32 Å². The Kier molecular flexibility index (Phi) is 6.82. The van der Waals surface area contributed by atoms with Gasteiger partial charge in [0.1, 0.15) is 6.04 Å². The summed E-state index contributed by atoms with van der Waals surface area (Å²) in [5.41, 5.74) is 3.36. The van der Waals surface area contributed by atoms with E-state index in [4.69, 9.17) is 4.42 Å². The summed E-state index contributed by atoms with van der Waals surface area (Å²) in [6, 6.07) is 18.0. The molecule has 3 aromatic rings. The molecule has 6 heteroatoms. The molecule has 1 aliphatic rings. The second-order valence-corrected chi connectivity index (χ2v) is 8.82. The number of rotatable bonds is 7. The van der Waals surface area contributed by atoms with Crippen LogP contribution in [0.25, 0.3) is 0 Å². The van der Waals surface area contributed by atoms with E-state index in [1.807, 2.05) is 74.4 Å². The SMILES string of the molecule is Cc1ccccc1N(C(=O)c1ccco1)[C@H](C(=O)NC1CCCC1)c1ccc(N(C)C)cc1. The summed E-state index contributed by atoms with van der Waals surface area (Å²) in [7, 11) is 3.94. The van der Waals surface area contributed by atoms with E-state index in [-0.39, 0.29) is 23.6 Å². The van der Waals surface area contributed by atoms with E-state index in [0.717, 1.165) is 42.5 Å². The van der Waals surface area contributed by atoms with E-state index in [2.05, 4.69) is 5.32 Å². The molecule has 1 aliphatic carbocycles. The topological polar surface area (TPSA) is 65.8 Å². The van der Waals surface area contributed by atoms with Crippen LogP contribution in [0.1, 0.15) is 53.4 Å². The smallest absolute Gasteiger partial charge is 0.294 e. The normalized spacial score (nSPS) is 14.6. The van der Waals surface area contributed by atoms with Gasteiger partial charge in [0.25, 0.3) is 5.91 Å². The minimum absolute atomic E-state index is 0.137. The highest BCUT2D eigenvalue weighted by Gasteiger charge is 2.36. The van der Waals surface area contributed by atoms with Crippen molar-refractivity contribution in [3.63, 3.8) is 0 Å². The predicted octanol–water partition coefficient (Wildman–Crippen LogP) is 5.10. The molecule has 0 saturated heterocycles. The Hall–Kier alpha value is -3.54. The van der Waals surface area contributed by atoms with Gasteiger partial charge in [-0.1, -0.05) is 43.2 Å². The Labute approximate surface area is 195 Å². The van der Waals surface area contributed by atoms with Crippen LogP contribution < -0.4 is 15.1 Å². The first-order chi connectivity index (χ1) is 16.0. The fourth-order valence-corrected chi connectivity index (χ4v) is 4.44. The summed E-state index contributed by atoms with van der Waals surface area (Å²) >= 11 is 0. The van der Waals surface area contributed by atoms with Crippen molar-refractivity contribution >= 4 is 23.2 Å². The van der Waals surface area contributed by atoms with Crippen molar-refractivity contribution in [2.45, 2.75) is 44.7 Å². The lowest BCUT2D eigenvalue weighted by Crippen LogP contribution is -2.46. The molecule has 2 amide bonds. The molecule has 0 radical (unpaired) electrons. The summed E-state index contributed by atoms with van der Waals surface area (Å²) in [5.74, 6) is -0.331. The fraction of sp³-hybridized carbons (Fsp3) is 0.333. The molecule has 1 atom stereocenters. The summed E-state index contributed by atoms with van der Waals surface area (Å²) in [5, 5.41) is 3.21. The summed E-state index contributed by atoms with van der Waals surface area (Å²) < 4.78 is 5.46. The molecule has 0 spiro atoms. The molecule has 1 N–H and O–H groups in total. The highest BCUT2D eigenvalue weighted by Crippen LogP contribution is 2.33. The maximum absolute atomic E-state index is 13.8. The van der Waals surface area contributed by atoms with Gasteiger partial charge in [-0.05, 0) is 61.2 Å². The van der Waals surface area contributed by atoms with Gasteiger partial charge in [0.2, 0.25) is 5.91 Å². The first-order valence-electron chi connectivity index (χ1n) is 11.5. The Bertz CT molecular complexity index is 1080. The third kappa shape index (κ3) is 4.95. The van der Waals surface area contributed by atoms with Crippen molar-refractivity contribution in [3.05, 3.63) is 83.8 Å². The van der Waals surface area contributed by atoms with Crippen LogP contribution in [0.15, 0.2) is 71.3 Å². The van der Waals surface area contributed by atoms with E-state index in [1.54, 1.807) is 17.0 Å². The minimum atomic E-state index is -0.833. The number of furan rings is 1. The lowest BCUT2D eigenvalue weighted by Gasteiger charge is -2.33. The van der Waals surface area contributed by atoms with Gasteiger partial charge < -0.3 is 14.6 Å². The fourth-order valence-electron chi connectivity index (χ4n) is 4.44. The van der Waals surface area contributed by atoms with Crippen LogP contribution in [0.3, 0.4) is 0 Å². The monoisotopic (exact) mass is 445 g/mol. The number of carbonyl (C=O) groups excluding carboxylic acids is 2. The quantitative estimate of drug-likeness (QED) is 0.549. The van der Waals surface area contributed by atoms with Gasteiger partial charge in [0.05, 0.1) is 6.26 Å². The number of carbonyl (C=O) groups is 2. The van der Waals surface area contributed by atoms with Gasteiger partial charge in [-0.2, -0.15) is 0 Å². The van der Waals surface area contributed by atoms with Gasteiger partial charge >= 0.3 is 0 Å². The Balaban J connectivity index is 1.82. The maximum Gasteiger partial charge on any atom is 0.294 e. The minimum Gasteiger partial charge on any atom is -0.459 e. The third-order valence-electron chi connectivity index (χ3n) is 6.26. The summed E-state index contributed by atoms with van der Waals surface area (Å²) in [6.07, 6.45) is 5.63. The van der Waals surface area contributed by atoms with Gasteiger partial charge in [0.15, 0.2) is 5.76 Å². The zero-order valence-corrected chi connectivity index (χ0v) is 19.5. The van der Waals surface area contributed by atoms with Gasteiger partial charge in [-0.15, -0.1) is 0 Å². The van der Waals surface area contributed by atoms with Crippen LogP contribution in [0.5, 0.6) is 0 Å². The van der Waals surface area contributed by atoms with Gasteiger partial charge in [0, 0.05) is 31.5 Å². The lowest BCUT2D eigenvalue weighted by atomic mass is 10.0. The molecule has 1 aromatic heterocycles. The molecule has 0 bridgehead atoms. The van der Waals surface area contributed by atoms with Crippen LogP contribution in [0.2, 0.25) is 0 Å². The molecule has 6 nitrogen and oxygen atoms in total. The van der Waals surface area contributed by atoms with Crippen LogP contribution in [-0.2, 0) is 4.79 Å². The maximum atomic E-state index is 13.8. The zero-order chi connectivity index (χ0) is 23.4. The Morgan fingerprint density at radius 3 is 2.27 bits per heavy atom. The molecule has 33 heavy (non-hydrogen) atoms. The summed E-state index contributed by atoms with van der Waals surface area (Å²) in [4.78, 5) is 31.1. The lowest BCUT2D eigenvalue weighted by molar-refractivity contribution is -0.123. The molecular weight excluding hydrogens is 414 g/mol. The highest BCUT2D eigenvalue weighted by molar-refractivity contribution is 6.09. The van der Waals surface area contributed by atoms with Crippen molar-refractivity contribution in [1.29, 1.82) is 0 Å². The number of hydrogen-bond donors (Lipinski definition) is 1. The van der Waals surface area contributed by atoms with Gasteiger partial charge in [-0.25, -0.2) is 0 Å². The molecule has 2 aromatic carbocycles. The first-order valence-corrected chi connectivity index (χ1v) is 11.5. The van der Waals surface area contributed by atoms with E-state index < -0.39 is 6.04 Å². The second-order valence-electron chi connectivity index (χ2n) is 8.82. The number of hydrogen-bond acceptors (Lipinski definition) is 4. The Morgan fingerprint density at radius 2 is 1.67 bits per heavy atom. The number of benzene rings is 2. The number of anilines is 2. The number of nitrogens with one attached hydrogen (secondary N) is 1. The number of nitrogens with zero attached hydrogens (tertiary/aromatic N) is 2. The average molecular weight is 446 g/mol. The molecule has 1 fully saturated rings. The Morgan fingerprint density at radius 1 is 0.970 bits per heavy atom. The molecular formula is C27H31N3O3. The highest BCUT2D eigenvalue weighted by atomic mass is 16.3. The van der Waals surface area contributed by atoms with E-state index in [1.165, 1.54) is 6.26 Å². The van der Waals surface area contributed by atoms with Crippen molar-refractivity contribution in [2.75, 3.05) is 23.9 Å². The summed E-state index contributed by atoms with van der Waals surface area (Å²) in [6.45, 7) is 1.94. The van der Waals surface area contributed by atoms with Crippen molar-refractivity contribution < 1.29 is 14.0 Å². The second kappa shape index (κ2) is 9.94. The van der Waals surface area contributed by atoms with Crippen LogP contribution >= 0.6 is 0 Å². The molecule has 172 valence electrons. The van der Waals surface area contributed by atoms with Crippen LogP contribution in [-0.4, -0.2) is 32.0 Å². The van der Waals surface area contributed by atoms with E-state index in [0.29, 0.717) is 5.69 Å². The molecule has 1 saturated carbocycles. The zero-order valence-electron chi connectivity index (χ0n) is 19.5. The largest absolute Gasteiger partial charge is 0.459 e. The number of para-hydroxylation sites is 1. The third-order valence-corrected chi connectivity index (χ3v) is 6.26. The van der Waals surface area contributed by atoms with Crippen molar-refractivity contribution in [2.24, 2.45) is 0 Å². The van der Waals surface area contributed by atoms with E-state index >= 15 is 0 Å². The molecule has 1 heterocycles.